The normalized spacial score (nSPS) is 10.8. The maximum absolute atomic E-state index is 13.7. The Bertz CT molecular complexity index is 1280. The van der Waals surface area contributed by atoms with Crippen molar-refractivity contribution in [3.63, 3.8) is 0 Å². The summed E-state index contributed by atoms with van der Waals surface area (Å²) in [5, 5.41) is 7.09. The van der Waals surface area contributed by atoms with Crippen LogP contribution in [0.3, 0.4) is 0 Å². The Hall–Kier alpha value is -4.21. The van der Waals surface area contributed by atoms with E-state index in [0.717, 1.165) is 6.42 Å². The van der Waals surface area contributed by atoms with Gasteiger partial charge in [0.05, 0.1) is 6.26 Å². The van der Waals surface area contributed by atoms with E-state index in [9.17, 15) is 14.0 Å². The van der Waals surface area contributed by atoms with Gasteiger partial charge in [0.15, 0.2) is 23.9 Å². The lowest BCUT2D eigenvalue weighted by Crippen LogP contribution is -2.23. The van der Waals surface area contributed by atoms with Crippen molar-refractivity contribution >= 4 is 11.7 Å². The number of hydrogen-bond donors (Lipinski definition) is 2. The largest absolute Gasteiger partial charge is 0.481 e. The minimum atomic E-state index is -0.569. The first kappa shape index (κ1) is 21.0. The molecule has 0 radical (unpaired) electrons. The number of carbonyl (C=O) groups is 1. The summed E-state index contributed by atoms with van der Waals surface area (Å²) in [6.07, 6.45) is 2.92. The summed E-state index contributed by atoms with van der Waals surface area (Å²) in [5.74, 6) is -0.313. The Kier molecular flexibility index (Phi) is 6.11. The topological polar surface area (TPSA) is 115 Å². The molecule has 0 fully saturated rings. The molecule has 0 aliphatic heterocycles. The third kappa shape index (κ3) is 4.75. The lowest BCUT2D eigenvalue weighted by atomic mass is 10.2. The highest BCUT2D eigenvalue weighted by molar-refractivity contribution is 5.91. The summed E-state index contributed by atoms with van der Waals surface area (Å²) < 4.78 is 25.7. The molecule has 0 aliphatic rings. The fraction of sp³-hybridized carbons (Fsp3) is 0.182. The molecule has 0 atom stereocenters. The van der Waals surface area contributed by atoms with Gasteiger partial charge >= 0.3 is 0 Å². The average molecular weight is 437 g/mol. The summed E-state index contributed by atoms with van der Waals surface area (Å²) in [5.41, 5.74) is 0.680. The first-order valence-electron chi connectivity index (χ1n) is 9.95. The zero-order chi connectivity index (χ0) is 22.5. The lowest BCUT2D eigenvalue weighted by Gasteiger charge is -2.10. The third-order valence-corrected chi connectivity index (χ3v) is 4.43. The second kappa shape index (κ2) is 9.29. The van der Waals surface area contributed by atoms with E-state index in [0.29, 0.717) is 23.6 Å². The number of H-pyrrole nitrogens is 1. The number of nitrogens with one attached hydrogen (secondary N) is 2. The van der Waals surface area contributed by atoms with Crippen LogP contribution in [0.2, 0.25) is 0 Å². The molecule has 0 saturated heterocycles. The van der Waals surface area contributed by atoms with Crippen LogP contribution in [-0.4, -0.2) is 32.3 Å². The number of ether oxygens (including phenoxy) is 1. The van der Waals surface area contributed by atoms with Crippen LogP contribution in [0.15, 0.2) is 64.0 Å². The number of para-hydroxylation sites is 1. The number of carbonyl (C=O) groups excluding carboxylic acids is 1. The van der Waals surface area contributed by atoms with Crippen LogP contribution in [0.5, 0.6) is 5.75 Å². The van der Waals surface area contributed by atoms with Crippen LogP contribution < -0.4 is 15.6 Å². The predicted octanol–water partition coefficient (Wildman–Crippen LogP) is 3.32. The molecular weight excluding hydrogens is 417 g/mol. The Labute approximate surface area is 181 Å². The van der Waals surface area contributed by atoms with Gasteiger partial charge < -0.3 is 14.5 Å². The highest BCUT2D eigenvalue weighted by Crippen LogP contribution is 2.24. The SMILES string of the molecule is CCCc1cc(=O)[nH]c(-n2nc(-c3ccco3)cc2NC(=O)COc2ccccc2F)n1. The first-order chi connectivity index (χ1) is 15.5. The van der Waals surface area contributed by atoms with Gasteiger partial charge in [0.25, 0.3) is 11.5 Å². The number of hydrogen-bond acceptors (Lipinski definition) is 6. The van der Waals surface area contributed by atoms with Crippen molar-refractivity contribution < 1.29 is 18.3 Å². The smallest absolute Gasteiger partial charge is 0.263 e. The number of anilines is 1. The maximum atomic E-state index is 13.7. The number of rotatable bonds is 8. The number of benzene rings is 1. The maximum Gasteiger partial charge on any atom is 0.263 e. The van der Waals surface area contributed by atoms with Crippen LogP contribution in [0.1, 0.15) is 19.0 Å². The molecule has 4 rings (SSSR count). The van der Waals surface area contributed by atoms with Crippen LogP contribution in [0.4, 0.5) is 10.2 Å². The van der Waals surface area contributed by atoms with Crippen molar-refractivity contribution in [2.45, 2.75) is 19.8 Å². The van der Waals surface area contributed by atoms with Crippen molar-refractivity contribution in [2.24, 2.45) is 0 Å². The number of aromatic amines is 1. The Morgan fingerprint density at radius 2 is 2.09 bits per heavy atom. The Morgan fingerprint density at radius 3 is 2.84 bits per heavy atom. The van der Waals surface area contributed by atoms with Gasteiger partial charge in [-0.05, 0) is 30.7 Å². The van der Waals surface area contributed by atoms with E-state index in [4.69, 9.17) is 9.15 Å². The molecule has 4 aromatic rings. The van der Waals surface area contributed by atoms with E-state index >= 15 is 0 Å². The average Bonchev–Trinajstić information content (AvgIpc) is 3.43. The van der Waals surface area contributed by atoms with Crippen molar-refractivity contribution in [1.82, 2.24) is 19.7 Å². The first-order valence-corrected chi connectivity index (χ1v) is 9.95. The van der Waals surface area contributed by atoms with E-state index < -0.39 is 18.3 Å². The molecular formula is C22H20FN5O4. The lowest BCUT2D eigenvalue weighted by molar-refractivity contribution is -0.118. The zero-order valence-electron chi connectivity index (χ0n) is 17.2. The monoisotopic (exact) mass is 437 g/mol. The Balaban J connectivity index is 1.63. The van der Waals surface area contributed by atoms with Gasteiger partial charge in [0.2, 0.25) is 5.95 Å². The highest BCUT2D eigenvalue weighted by atomic mass is 19.1. The van der Waals surface area contributed by atoms with Gasteiger partial charge in [0.1, 0.15) is 11.5 Å². The van der Waals surface area contributed by atoms with Crippen LogP contribution in [0.25, 0.3) is 17.4 Å². The molecule has 9 nitrogen and oxygen atoms in total. The molecule has 2 N–H and O–H groups in total. The molecule has 32 heavy (non-hydrogen) atoms. The second-order valence-electron chi connectivity index (χ2n) is 6.88. The number of halogens is 1. The number of furan rings is 1. The Morgan fingerprint density at radius 1 is 1.25 bits per heavy atom. The molecule has 3 aromatic heterocycles. The molecule has 3 heterocycles. The van der Waals surface area contributed by atoms with Gasteiger partial charge in [-0.2, -0.15) is 9.78 Å². The number of amides is 1. The second-order valence-corrected chi connectivity index (χ2v) is 6.88. The fourth-order valence-corrected chi connectivity index (χ4v) is 3.04. The quantitative estimate of drug-likeness (QED) is 0.437. The molecule has 164 valence electrons. The minimum absolute atomic E-state index is 0.0364. The van der Waals surface area contributed by atoms with Gasteiger partial charge in [-0.25, -0.2) is 9.37 Å². The fourth-order valence-electron chi connectivity index (χ4n) is 3.04. The van der Waals surface area contributed by atoms with Crippen molar-refractivity contribution in [3.05, 3.63) is 76.7 Å². The standard InChI is InChI=1S/C22H20FN5O4/c1-2-6-14-11-20(29)26-22(24-14)28-19(12-16(27-28)18-9-5-10-31-18)25-21(30)13-32-17-8-4-3-7-15(17)23/h3-5,7-12H,2,6,13H2,1H3,(H,25,30)(H,24,26,29). The van der Waals surface area contributed by atoms with E-state index in [1.54, 1.807) is 24.3 Å². The van der Waals surface area contributed by atoms with Gasteiger partial charge in [-0.3, -0.25) is 14.6 Å². The van der Waals surface area contributed by atoms with E-state index in [1.165, 1.54) is 35.2 Å². The number of aryl methyl sites for hydroxylation is 1. The van der Waals surface area contributed by atoms with Gasteiger partial charge in [-0.15, -0.1) is 0 Å². The highest BCUT2D eigenvalue weighted by Gasteiger charge is 2.18. The minimum Gasteiger partial charge on any atom is -0.481 e. The predicted molar refractivity (Wildman–Crippen MR) is 114 cm³/mol. The van der Waals surface area contributed by atoms with Crippen molar-refractivity contribution in [1.29, 1.82) is 0 Å². The van der Waals surface area contributed by atoms with Crippen LogP contribution >= 0.6 is 0 Å². The molecule has 0 unspecified atom stereocenters. The van der Waals surface area contributed by atoms with Crippen molar-refractivity contribution in [2.75, 3.05) is 11.9 Å². The van der Waals surface area contributed by atoms with E-state index in [-0.39, 0.29) is 23.1 Å². The number of aromatic nitrogens is 4. The molecule has 1 aromatic carbocycles. The molecule has 0 spiro atoms. The molecule has 1 amide bonds. The molecule has 0 saturated carbocycles. The van der Waals surface area contributed by atoms with Crippen LogP contribution in [0, 0.1) is 5.82 Å². The summed E-state index contributed by atoms with van der Waals surface area (Å²) in [4.78, 5) is 31.7. The number of nitrogens with zero attached hydrogens (tertiary/aromatic N) is 3. The zero-order valence-corrected chi connectivity index (χ0v) is 17.2. The summed E-state index contributed by atoms with van der Waals surface area (Å²) >= 11 is 0. The molecule has 10 heteroatoms. The van der Waals surface area contributed by atoms with Crippen LogP contribution in [-0.2, 0) is 11.2 Å². The summed E-state index contributed by atoms with van der Waals surface area (Å²) in [6.45, 7) is 1.55. The van der Waals surface area contributed by atoms with E-state index in [2.05, 4.69) is 20.4 Å². The van der Waals surface area contributed by atoms with E-state index in [1.807, 2.05) is 6.92 Å². The molecule has 0 aliphatic carbocycles. The molecule has 0 bridgehead atoms. The summed E-state index contributed by atoms with van der Waals surface area (Å²) in [6, 6.07) is 12.2. The summed E-state index contributed by atoms with van der Waals surface area (Å²) in [7, 11) is 0. The third-order valence-electron chi connectivity index (χ3n) is 4.43. The van der Waals surface area contributed by atoms with Gasteiger partial charge in [0, 0.05) is 17.8 Å². The van der Waals surface area contributed by atoms with Gasteiger partial charge in [-0.1, -0.05) is 25.5 Å². The van der Waals surface area contributed by atoms with Crippen molar-refractivity contribution in [3.8, 4) is 23.2 Å².